The molecular formula is C32H53NO4. The van der Waals surface area contributed by atoms with Gasteiger partial charge in [0.2, 0.25) is 0 Å². The summed E-state index contributed by atoms with van der Waals surface area (Å²) in [6.07, 6.45) is 10.4. The van der Waals surface area contributed by atoms with Crippen molar-refractivity contribution in [2.45, 2.75) is 119 Å². The fourth-order valence-corrected chi connectivity index (χ4v) is 12.1. The molecule has 5 heteroatoms. The van der Waals surface area contributed by atoms with Gasteiger partial charge in [-0.25, -0.2) is 4.79 Å². The molecule has 0 radical (unpaired) electrons. The summed E-state index contributed by atoms with van der Waals surface area (Å²) in [5.74, 6) is 2.55. The van der Waals surface area contributed by atoms with Crippen molar-refractivity contribution in [3.8, 4) is 0 Å². The molecule has 2 N–H and O–H groups in total. The fourth-order valence-electron chi connectivity index (χ4n) is 12.1. The molecule has 4 unspecified atom stereocenters. The zero-order valence-electron chi connectivity index (χ0n) is 24.8. The Balaban J connectivity index is 1.50. The summed E-state index contributed by atoms with van der Waals surface area (Å²) in [7, 11) is 1.64. The lowest BCUT2D eigenvalue weighted by atomic mass is 9.32. The number of aliphatic carboxylic acids is 1. The normalized spacial score (nSPS) is 50.3. The highest BCUT2D eigenvalue weighted by Gasteiger charge is 2.72. The van der Waals surface area contributed by atoms with Crippen LogP contribution < -0.4 is 5.32 Å². The molecule has 1 amide bonds. The van der Waals surface area contributed by atoms with Gasteiger partial charge in [0.05, 0.1) is 5.41 Å². The topological polar surface area (TPSA) is 75.6 Å². The Morgan fingerprint density at radius 2 is 1.54 bits per heavy atom. The van der Waals surface area contributed by atoms with Crippen LogP contribution in [0.15, 0.2) is 0 Å². The first-order valence-electron chi connectivity index (χ1n) is 15.3. The van der Waals surface area contributed by atoms with Crippen LogP contribution >= 0.6 is 0 Å². The van der Waals surface area contributed by atoms with E-state index in [9.17, 15) is 14.7 Å². The van der Waals surface area contributed by atoms with Crippen LogP contribution in [-0.4, -0.2) is 30.3 Å². The molecule has 210 valence electrons. The summed E-state index contributed by atoms with van der Waals surface area (Å²) >= 11 is 0. The first-order chi connectivity index (χ1) is 17.2. The molecule has 5 aliphatic rings. The lowest BCUT2D eigenvalue weighted by Crippen LogP contribution is -2.67. The third-order valence-corrected chi connectivity index (χ3v) is 14.2. The van der Waals surface area contributed by atoms with Crippen molar-refractivity contribution < 1.29 is 19.4 Å². The standard InChI is InChI=1S/C32H53NO4/c1-19(2)20-11-16-32(26(34)35)18-17-30(6)21(25(20)32)9-10-23-29(5)14-13-24(37-27(36)33-8)28(3,4)22(29)12-15-31(23,30)7/h19-25H,9-18H2,1-8H3,(H,33,36)(H,34,35)/t20-,21?,22?,23?,24+,25?,29-,30+,31+,32-/m0/s1. The predicted octanol–water partition coefficient (Wildman–Crippen LogP) is 7.53. The van der Waals surface area contributed by atoms with Gasteiger partial charge in [-0.05, 0) is 116 Å². The van der Waals surface area contributed by atoms with Crippen molar-refractivity contribution in [1.29, 1.82) is 0 Å². The van der Waals surface area contributed by atoms with Crippen molar-refractivity contribution >= 4 is 12.1 Å². The highest BCUT2D eigenvalue weighted by atomic mass is 16.6. The fraction of sp³-hybridized carbons (Fsp3) is 0.938. The summed E-state index contributed by atoms with van der Waals surface area (Å²) in [5.41, 5.74) is 0.0745. The molecule has 0 spiro atoms. The molecule has 0 saturated heterocycles. The number of hydrogen-bond acceptors (Lipinski definition) is 3. The van der Waals surface area contributed by atoms with Crippen LogP contribution in [0.3, 0.4) is 0 Å². The minimum atomic E-state index is -0.512. The Morgan fingerprint density at radius 3 is 2.16 bits per heavy atom. The van der Waals surface area contributed by atoms with Gasteiger partial charge in [-0.2, -0.15) is 0 Å². The predicted molar refractivity (Wildman–Crippen MR) is 146 cm³/mol. The molecule has 5 aliphatic carbocycles. The zero-order valence-corrected chi connectivity index (χ0v) is 24.8. The van der Waals surface area contributed by atoms with Crippen LogP contribution in [-0.2, 0) is 9.53 Å². The Bertz CT molecular complexity index is 945. The van der Waals surface area contributed by atoms with E-state index in [0.717, 1.165) is 38.5 Å². The van der Waals surface area contributed by atoms with Gasteiger partial charge in [-0.15, -0.1) is 0 Å². The van der Waals surface area contributed by atoms with Crippen molar-refractivity contribution in [1.82, 2.24) is 5.32 Å². The van der Waals surface area contributed by atoms with E-state index in [0.29, 0.717) is 35.5 Å². The van der Waals surface area contributed by atoms with Gasteiger partial charge in [0, 0.05) is 12.5 Å². The minimum Gasteiger partial charge on any atom is -0.481 e. The van der Waals surface area contributed by atoms with Crippen LogP contribution in [0.2, 0.25) is 0 Å². The Kier molecular flexibility index (Phi) is 6.36. The van der Waals surface area contributed by atoms with Gasteiger partial charge in [-0.1, -0.05) is 48.5 Å². The summed E-state index contributed by atoms with van der Waals surface area (Å²) in [6, 6.07) is 0. The summed E-state index contributed by atoms with van der Waals surface area (Å²) in [5, 5.41) is 13.2. The van der Waals surface area contributed by atoms with Gasteiger partial charge in [0.15, 0.2) is 0 Å². The number of carboxylic acid groups (broad SMARTS) is 1. The molecule has 0 heterocycles. The maximum atomic E-state index is 12.9. The van der Waals surface area contributed by atoms with Crippen LogP contribution in [0.5, 0.6) is 0 Å². The third kappa shape index (κ3) is 3.46. The first-order valence-corrected chi connectivity index (χ1v) is 15.3. The molecule has 10 atom stereocenters. The monoisotopic (exact) mass is 515 g/mol. The van der Waals surface area contributed by atoms with Gasteiger partial charge >= 0.3 is 12.1 Å². The van der Waals surface area contributed by atoms with Gasteiger partial charge < -0.3 is 15.2 Å². The summed E-state index contributed by atoms with van der Waals surface area (Å²) in [6.45, 7) is 17.1. The number of carboxylic acids is 1. The van der Waals surface area contributed by atoms with E-state index < -0.39 is 11.4 Å². The highest BCUT2D eigenvalue weighted by Crippen LogP contribution is 2.77. The van der Waals surface area contributed by atoms with Gasteiger partial charge in [0.1, 0.15) is 6.10 Å². The summed E-state index contributed by atoms with van der Waals surface area (Å²) < 4.78 is 5.93. The molecular weight excluding hydrogens is 462 g/mol. The molecule has 5 nitrogen and oxygen atoms in total. The molecule has 5 rings (SSSR count). The number of alkyl carbamates (subject to hydrolysis) is 1. The van der Waals surface area contributed by atoms with Crippen LogP contribution in [0.4, 0.5) is 4.79 Å². The molecule has 0 aromatic rings. The first kappa shape index (κ1) is 27.3. The van der Waals surface area contributed by atoms with Crippen molar-refractivity contribution in [3.63, 3.8) is 0 Å². The van der Waals surface area contributed by atoms with E-state index in [1.54, 1.807) is 7.05 Å². The molecule has 0 aromatic heterocycles. The molecule has 0 aliphatic heterocycles. The minimum absolute atomic E-state index is 0.0436. The van der Waals surface area contributed by atoms with Crippen molar-refractivity contribution in [2.24, 2.45) is 62.6 Å². The average Bonchev–Trinajstić information content (AvgIpc) is 3.23. The number of carbonyl (C=O) groups excluding carboxylic acids is 1. The van der Waals surface area contributed by atoms with Crippen molar-refractivity contribution in [2.75, 3.05) is 7.05 Å². The number of hydrogen-bond donors (Lipinski definition) is 2. The molecule has 5 saturated carbocycles. The van der Waals surface area contributed by atoms with Crippen LogP contribution in [0.1, 0.15) is 113 Å². The van der Waals surface area contributed by atoms with E-state index in [1.165, 1.54) is 25.7 Å². The number of fused-ring (bicyclic) bond motifs is 7. The smallest absolute Gasteiger partial charge is 0.407 e. The van der Waals surface area contributed by atoms with Crippen LogP contribution in [0, 0.1) is 62.6 Å². The largest absolute Gasteiger partial charge is 0.481 e. The Hall–Kier alpha value is -1.26. The Morgan fingerprint density at radius 1 is 0.838 bits per heavy atom. The number of nitrogens with one attached hydrogen (secondary N) is 1. The number of carbonyl (C=O) groups is 2. The second kappa shape index (κ2) is 8.62. The maximum Gasteiger partial charge on any atom is 0.407 e. The van der Waals surface area contributed by atoms with E-state index in [-0.39, 0.29) is 33.9 Å². The molecule has 5 fully saturated rings. The third-order valence-electron chi connectivity index (χ3n) is 14.2. The number of amides is 1. The zero-order chi connectivity index (χ0) is 27.2. The molecule has 0 bridgehead atoms. The SMILES string of the molecule is CNC(=O)O[C@@H]1CC[C@@]2(C)C(CC[C@]3(C)C2CCC2C4[C@H](C(C)C)CC[C@]4(C(=O)O)CC[C@]23C)C1(C)C. The molecule has 37 heavy (non-hydrogen) atoms. The number of rotatable bonds is 3. The Labute approximate surface area is 225 Å². The van der Waals surface area contributed by atoms with Crippen molar-refractivity contribution in [3.05, 3.63) is 0 Å². The van der Waals surface area contributed by atoms with E-state index in [4.69, 9.17) is 4.74 Å². The summed E-state index contributed by atoms with van der Waals surface area (Å²) in [4.78, 5) is 25.0. The van der Waals surface area contributed by atoms with Gasteiger partial charge in [-0.3, -0.25) is 4.79 Å². The lowest BCUT2D eigenvalue weighted by Gasteiger charge is -2.72. The van der Waals surface area contributed by atoms with E-state index in [1.807, 2.05) is 0 Å². The quantitative estimate of drug-likeness (QED) is 0.407. The van der Waals surface area contributed by atoms with Crippen LogP contribution in [0.25, 0.3) is 0 Å². The second-order valence-corrected chi connectivity index (χ2v) is 15.6. The molecule has 0 aromatic carbocycles. The maximum absolute atomic E-state index is 12.9. The van der Waals surface area contributed by atoms with E-state index in [2.05, 4.69) is 53.8 Å². The second-order valence-electron chi connectivity index (χ2n) is 15.6. The number of ether oxygens (including phenoxy) is 1. The van der Waals surface area contributed by atoms with Gasteiger partial charge in [0.25, 0.3) is 0 Å². The average molecular weight is 516 g/mol. The van der Waals surface area contributed by atoms with E-state index >= 15 is 0 Å². The highest BCUT2D eigenvalue weighted by molar-refractivity contribution is 5.76. The lowest BCUT2D eigenvalue weighted by molar-refractivity contribution is -0.249.